The number of hydrogen-bond acceptors (Lipinski definition) is 3. The number of fused-ring (bicyclic) bond motifs is 1. The number of nitrogens with zero attached hydrogens (tertiary/aromatic N) is 1. The molecule has 0 fully saturated rings. The summed E-state index contributed by atoms with van der Waals surface area (Å²) in [6.07, 6.45) is 2.79. The van der Waals surface area contributed by atoms with Crippen LogP contribution < -0.4 is 0 Å². The van der Waals surface area contributed by atoms with E-state index in [9.17, 15) is 13.6 Å². The van der Waals surface area contributed by atoms with Crippen molar-refractivity contribution in [2.75, 3.05) is 0 Å². The van der Waals surface area contributed by atoms with Crippen LogP contribution in [0.15, 0.2) is 54.4 Å². The van der Waals surface area contributed by atoms with E-state index in [1.807, 2.05) is 31.2 Å². The first-order valence-corrected chi connectivity index (χ1v) is 7.88. The molecule has 0 saturated carbocycles. The molecule has 3 aromatic rings. The van der Waals surface area contributed by atoms with Crippen LogP contribution in [0.1, 0.15) is 19.4 Å². The van der Waals surface area contributed by atoms with Crippen LogP contribution in [0.4, 0.5) is 8.78 Å². The van der Waals surface area contributed by atoms with Gasteiger partial charge < -0.3 is 10.1 Å². The average molecular weight is 547 g/mol. The summed E-state index contributed by atoms with van der Waals surface area (Å²) in [6.45, 7) is 4.84. The second-order valence-corrected chi connectivity index (χ2v) is 5.82. The molecule has 0 unspecified atom stereocenters. The number of benzene rings is 2. The number of carbonyl (C=O) groups excluding carboxylic acids is 1. The van der Waals surface area contributed by atoms with Gasteiger partial charge in [0.1, 0.15) is 0 Å². The summed E-state index contributed by atoms with van der Waals surface area (Å²) in [6, 6.07) is 12.3. The fourth-order valence-electron chi connectivity index (χ4n) is 2.42. The molecule has 0 saturated heterocycles. The molecule has 6 heteroatoms. The Kier molecular flexibility index (Phi) is 8.41. The summed E-state index contributed by atoms with van der Waals surface area (Å²) in [7, 11) is 0. The molecule has 1 aromatic heterocycles. The zero-order valence-electron chi connectivity index (χ0n) is 15.0. The first kappa shape index (κ1) is 22.6. The number of ketones is 1. The van der Waals surface area contributed by atoms with E-state index >= 15 is 0 Å². The molecular weight excluding hydrogens is 528 g/mol. The second-order valence-electron chi connectivity index (χ2n) is 5.82. The summed E-state index contributed by atoms with van der Waals surface area (Å²) in [5.74, 6) is -1.36. The predicted molar refractivity (Wildman–Crippen MR) is 97.7 cm³/mol. The maximum absolute atomic E-state index is 13.8. The molecule has 0 aliphatic heterocycles. The monoisotopic (exact) mass is 547 g/mol. The van der Waals surface area contributed by atoms with Gasteiger partial charge in [0, 0.05) is 44.0 Å². The molecule has 143 valence electrons. The number of allylic oxidation sites excluding steroid dienone is 2. The van der Waals surface area contributed by atoms with E-state index in [0.717, 1.165) is 28.5 Å². The third-order valence-corrected chi connectivity index (χ3v) is 3.43. The first-order valence-electron chi connectivity index (χ1n) is 7.88. The smallest absolute Gasteiger partial charge is 0.155 e. The minimum Gasteiger partial charge on any atom is -0.512 e. The van der Waals surface area contributed by atoms with Crippen molar-refractivity contribution in [3.8, 4) is 11.3 Å². The van der Waals surface area contributed by atoms with Gasteiger partial charge in [-0.05, 0) is 43.3 Å². The number of aliphatic hydroxyl groups is 1. The topological polar surface area (TPSA) is 50.2 Å². The Morgan fingerprint density at radius 1 is 1.19 bits per heavy atom. The molecule has 1 N–H and O–H groups in total. The molecule has 0 aliphatic carbocycles. The van der Waals surface area contributed by atoms with Gasteiger partial charge in [-0.3, -0.25) is 13.6 Å². The number of aromatic nitrogens is 1. The number of pyridine rings is 1. The minimum absolute atomic E-state index is 0. The van der Waals surface area contributed by atoms with Crippen molar-refractivity contribution in [3.63, 3.8) is 0 Å². The second kappa shape index (κ2) is 10.0. The van der Waals surface area contributed by atoms with Crippen molar-refractivity contribution in [2.45, 2.75) is 20.8 Å². The Morgan fingerprint density at radius 3 is 2.44 bits per heavy atom. The zero-order chi connectivity index (χ0) is 19.3. The molecule has 0 amide bonds. The van der Waals surface area contributed by atoms with Crippen LogP contribution in [-0.4, -0.2) is 15.9 Å². The zero-order valence-corrected chi connectivity index (χ0v) is 17.4. The molecule has 27 heavy (non-hydrogen) atoms. The van der Waals surface area contributed by atoms with Crippen LogP contribution in [0.5, 0.6) is 0 Å². The van der Waals surface area contributed by atoms with Crippen molar-refractivity contribution in [1.82, 2.24) is 4.98 Å². The molecule has 0 bridgehead atoms. The number of halogens is 2. The minimum atomic E-state index is -0.652. The molecule has 3 nitrogen and oxygen atoms in total. The molecule has 0 atom stereocenters. The number of hydrogen-bond donors (Lipinski definition) is 1. The van der Waals surface area contributed by atoms with Crippen molar-refractivity contribution in [2.24, 2.45) is 0 Å². The molecular formula is C21H18F2IrNO2-. The van der Waals surface area contributed by atoms with Crippen molar-refractivity contribution >= 4 is 16.6 Å². The Bertz CT molecular complexity index is 983. The normalized spacial score (nSPS) is 10.6. The van der Waals surface area contributed by atoms with E-state index < -0.39 is 11.6 Å². The third kappa shape index (κ3) is 6.35. The van der Waals surface area contributed by atoms with Gasteiger partial charge in [0.05, 0.1) is 5.76 Å². The summed E-state index contributed by atoms with van der Waals surface area (Å²) in [5.41, 5.74) is 1.79. The standard InChI is InChI=1S/C16H10F2N.C5H8O2.Ir/c1-10-2-4-13-11(8-10)6-7-19-16(13)14-5-3-12(17)9-15(14)18;1-4(6)3-5(2)7;/h2-4,6-9H,1H3;3,6H,1-2H3;/q-1;;/b;4-3-;. The van der Waals surface area contributed by atoms with Gasteiger partial charge in [-0.15, -0.1) is 12.1 Å². The van der Waals surface area contributed by atoms with E-state index in [2.05, 4.69) is 11.1 Å². The van der Waals surface area contributed by atoms with Crippen molar-refractivity contribution in [1.29, 1.82) is 0 Å². The average Bonchev–Trinajstić information content (AvgIpc) is 2.53. The first-order chi connectivity index (χ1) is 12.3. The molecule has 1 heterocycles. The van der Waals surface area contributed by atoms with Crippen LogP contribution in [0.2, 0.25) is 0 Å². The summed E-state index contributed by atoms with van der Waals surface area (Å²) in [4.78, 5) is 14.2. The fraction of sp³-hybridized carbons (Fsp3) is 0.143. The van der Waals surface area contributed by atoms with Gasteiger partial charge in [0.15, 0.2) is 5.78 Å². The number of aliphatic hydroxyl groups excluding tert-OH is 1. The van der Waals surface area contributed by atoms with Gasteiger partial charge in [-0.2, -0.15) is 0 Å². The van der Waals surface area contributed by atoms with E-state index in [4.69, 9.17) is 5.11 Å². The largest absolute Gasteiger partial charge is 0.512 e. The molecule has 3 rings (SSSR count). The predicted octanol–water partition coefficient (Wildman–Crippen LogP) is 5.32. The summed E-state index contributed by atoms with van der Waals surface area (Å²) >= 11 is 0. The molecule has 0 spiro atoms. The van der Waals surface area contributed by atoms with Crippen molar-refractivity contribution in [3.05, 3.63) is 77.7 Å². The number of carbonyl (C=O) groups is 1. The van der Waals surface area contributed by atoms with Gasteiger partial charge in [0.2, 0.25) is 0 Å². The van der Waals surface area contributed by atoms with E-state index in [1.165, 1.54) is 19.9 Å². The van der Waals surface area contributed by atoms with Gasteiger partial charge in [-0.1, -0.05) is 35.4 Å². The Hall–Kier alpha value is -2.43. The maximum atomic E-state index is 13.8. The fourth-order valence-corrected chi connectivity index (χ4v) is 2.42. The maximum Gasteiger partial charge on any atom is 0.155 e. The molecule has 0 aliphatic rings. The van der Waals surface area contributed by atoms with E-state index in [-0.39, 0.29) is 37.2 Å². The van der Waals surface area contributed by atoms with Crippen LogP contribution in [-0.2, 0) is 24.9 Å². The number of aryl methyl sites for hydroxylation is 1. The van der Waals surface area contributed by atoms with Crippen LogP contribution in [0.3, 0.4) is 0 Å². The summed E-state index contributed by atoms with van der Waals surface area (Å²) in [5, 5.41) is 10.2. The van der Waals surface area contributed by atoms with E-state index in [0.29, 0.717) is 5.69 Å². The van der Waals surface area contributed by atoms with Crippen LogP contribution >= 0.6 is 0 Å². The van der Waals surface area contributed by atoms with Gasteiger partial charge in [0.25, 0.3) is 0 Å². The molecule has 2 aromatic carbocycles. The third-order valence-electron chi connectivity index (χ3n) is 3.43. The number of rotatable bonds is 2. The Labute approximate surface area is 170 Å². The van der Waals surface area contributed by atoms with Crippen LogP contribution in [0.25, 0.3) is 22.0 Å². The quantitative estimate of drug-likeness (QED) is 0.269. The summed E-state index contributed by atoms with van der Waals surface area (Å²) < 4.78 is 26.8. The van der Waals surface area contributed by atoms with Crippen LogP contribution in [0, 0.1) is 24.6 Å². The van der Waals surface area contributed by atoms with Gasteiger partial charge >= 0.3 is 0 Å². The van der Waals surface area contributed by atoms with E-state index in [1.54, 1.807) is 6.20 Å². The van der Waals surface area contributed by atoms with Gasteiger partial charge in [-0.25, -0.2) is 0 Å². The SMILES string of the molecule is CC(=O)/C=C(/C)O.Cc1ccc2c(-c3[c-]cc(F)cc3F)nccc2c1.[Ir]. The van der Waals surface area contributed by atoms with Crippen molar-refractivity contribution < 1.29 is 38.8 Å². The molecule has 1 radical (unpaired) electrons. The Balaban J connectivity index is 0.000000395. The Morgan fingerprint density at radius 2 is 1.89 bits per heavy atom.